The van der Waals surface area contributed by atoms with Gasteiger partial charge in [-0.05, 0) is 31.9 Å². The molecule has 4 nitrogen and oxygen atoms in total. The number of nitrogens with zero attached hydrogens (tertiary/aromatic N) is 3. The summed E-state index contributed by atoms with van der Waals surface area (Å²) in [5, 5.41) is 13.7. The summed E-state index contributed by atoms with van der Waals surface area (Å²) >= 11 is 0. The van der Waals surface area contributed by atoms with E-state index in [9.17, 15) is 5.11 Å². The molecule has 78 valence electrons. The standard InChI is InChI=1S/C11H13N3O/c1-7-2-5-10-12-11(8-3-4-8)9(6-15)14(10)13-7/h2,5,8,15H,3-4,6H2,1H3. The van der Waals surface area contributed by atoms with Crippen molar-refractivity contribution in [2.75, 3.05) is 0 Å². The van der Waals surface area contributed by atoms with E-state index in [1.54, 1.807) is 4.52 Å². The first-order valence-corrected chi connectivity index (χ1v) is 5.25. The lowest BCUT2D eigenvalue weighted by molar-refractivity contribution is 0.272. The zero-order valence-electron chi connectivity index (χ0n) is 8.64. The maximum Gasteiger partial charge on any atom is 0.154 e. The Morgan fingerprint density at radius 2 is 2.27 bits per heavy atom. The average molecular weight is 203 g/mol. The summed E-state index contributed by atoms with van der Waals surface area (Å²) in [4.78, 5) is 4.53. The molecule has 4 heteroatoms. The van der Waals surface area contributed by atoms with Crippen LogP contribution < -0.4 is 0 Å². The van der Waals surface area contributed by atoms with Gasteiger partial charge in [0.1, 0.15) is 0 Å². The fourth-order valence-corrected chi connectivity index (χ4v) is 1.92. The number of aryl methyl sites for hydroxylation is 1. The second kappa shape index (κ2) is 3.03. The van der Waals surface area contributed by atoms with Crippen LogP contribution in [0.15, 0.2) is 12.1 Å². The molecule has 0 amide bonds. The highest BCUT2D eigenvalue weighted by Crippen LogP contribution is 2.41. The molecule has 0 atom stereocenters. The van der Waals surface area contributed by atoms with Crippen molar-refractivity contribution in [2.45, 2.75) is 32.3 Å². The summed E-state index contributed by atoms with van der Waals surface area (Å²) in [6.45, 7) is 1.96. The lowest BCUT2D eigenvalue weighted by Crippen LogP contribution is -2.00. The lowest BCUT2D eigenvalue weighted by atomic mass is 10.2. The molecule has 0 unspecified atom stereocenters. The molecule has 0 bridgehead atoms. The van der Waals surface area contributed by atoms with Gasteiger partial charge in [0.25, 0.3) is 0 Å². The van der Waals surface area contributed by atoms with Gasteiger partial charge in [0.15, 0.2) is 5.65 Å². The first-order chi connectivity index (χ1) is 7.29. The van der Waals surface area contributed by atoms with Crippen molar-refractivity contribution in [2.24, 2.45) is 0 Å². The van der Waals surface area contributed by atoms with Crippen molar-refractivity contribution in [1.29, 1.82) is 0 Å². The third kappa shape index (κ3) is 1.33. The van der Waals surface area contributed by atoms with Crippen LogP contribution in [0.25, 0.3) is 5.65 Å². The van der Waals surface area contributed by atoms with Crippen LogP contribution in [-0.2, 0) is 6.61 Å². The monoisotopic (exact) mass is 203 g/mol. The molecule has 2 aromatic heterocycles. The van der Waals surface area contributed by atoms with Crippen molar-refractivity contribution < 1.29 is 5.11 Å². The van der Waals surface area contributed by atoms with E-state index < -0.39 is 0 Å². The van der Waals surface area contributed by atoms with Gasteiger partial charge in [-0.25, -0.2) is 9.50 Å². The van der Waals surface area contributed by atoms with Crippen molar-refractivity contribution in [3.05, 3.63) is 29.2 Å². The summed E-state index contributed by atoms with van der Waals surface area (Å²) in [7, 11) is 0. The molecule has 0 saturated heterocycles. The molecule has 0 spiro atoms. The van der Waals surface area contributed by atoms with E-state index >= 15 is 0 Å². The van der Waals surface area contributed by atoms with Gasteiger partial charge in [-0.15, -0.1) is 0 Å². The van der Waals surface area contributed by atoms with Crippen molar-refractivity contribution in [3.63, 3.8) is 0 Å². The van der Waals surface area contributed by atoms with Crippen LogP contribution in [0.2, 0.25) is 0 Å². The van der Waals surface area contributed by atoms with Crippen LogP contribution >= 0.6 is 0 Å². The van der Waals surface area contributed by atoms with Crippen LogP contribution in [0.5, 0.6) is 0 Å². The fourth-order valence-electron chi connectivity index (χ4n) is 1.92. The van der Waals surface area contributed by atoms with E-state index in [0.717, 1.165) is 22.7 Å². The molecule has 1 N–H and O–H groups in total. The maximum absolute atomic E-state index is 9.37. The first kappa shape index (κ1) is 8.85. The molecule has 1 saturated carbocycles. The first-order valence-electron chi connectivity index (χ1n) is 5.25. The SMILES string of the molecule is Cc1ccc2nc(C3CC3)c(CO)n2n1. The predicted molar refractivity (Wildman–Crippen MR) is 55.6 cm³/mol. The zero-order chi connectivity index (χ0) is 10.4. The molecule has 0 aromatic carbocycles. The molecule has 1 aliphatic rings. The summed E-state index contributed by atoms with van der Waals surface area (Å²) < 4.78 is 1.77. The quantitative estimate of drug-likeness (QED) is 0.802. The second-order valence-corrected chi connectivity index (χ2v) is 4.12. The molecule has 2 heterocycles. The molecule has 1 fully saturated rings. The number of hydrogen-bond donors (Lipinski definition) is 1. The number of rotatable bonds is 2. The highest BCUT2D eigenvalue weighted by atomic mass is 16.3. The number of aromatic nitrogens is 3. The summed E-state index contributed by atoms with van der Waals surface area (Å²) in [5.41, 5.74) is 3.68. The second-order valence-electron chi connectivity index (χ2n) is 4.12. The van der Waals surface area contributed by atoms with Gasteiger partial charge < -0.3 is 5.11 Å². The molecule has 0 aliphatic heterocycles. The molecule has 1 aliphatic carbocycles. The molecule has 3 rings (SSSR count). The van der Waals surface area contributed by atoms with Crippen LogP contribution in [-0.4, -0.2) is 19.7 Å². The Hall–Kier alpha value is -1.42. The van der Waals surface area contributed by atoms with E-state index in [-0.39, 0.29) is 6.61 Å². The van der Waals surface area contributed by atoms with Crippen LogP contribution in [0, 0.1) is 6.92 Å². The predicted octanol–water partition coefficient (Wildman–Crippen LogP) is 1.41. The Balaban J connectivity index is 2.27. The highest BCUT2D eigenvalue weighted by Gasteiger charge is 2.30. The number of imidazole rings is 1. The molecular formula is C11H13N3O. The minimum atomic E-state index is 0.0173. The number of hydrogen-bond acceptors (Lipinski definition) is 3. The largest absolute Gasteiger partial charge is 0.390 e. The van der Waals surface area contributed by atoms with Crippen LogP contribution in [0.4, 0.5) is 0 Å². The van der Waals surface area contributed by atoms with Crippen molar-refractivity contribution >= 4 is 5.65 Å². The Bertz CT molecular complexity index is 514. The maximum atomic E-state index is 9.37. The van der Waals surface area contributed by atoms with Gasteiger partial charge in [-0.1, -0.05) is 0 Å². The molecular weight excluding hydrogens is 190 g/mol. The van der Waals surface area contributed by atoms with Crippen LogP contribution in [0.1, 0.15) is 35.8 Å². The Kier molecular flexibility index (Phi) is 1.79. The van der Waals surface area contributed by atoms with E-state index in [1.165, 1.54) is 12.8 Å². The Labute approximate surface area is 87.6 Å². The minimum absolute atomic E-state index is 0.0173. The van der Waals surface area contributed by atoms with E-state index in [2.05, 4.69) is 10.1 Å². The lowest BCUT2D eigenvalue weighted by Gasteiger charge is -1.99. The van der Waals surface area contributed by atoms with E-state index in [1.807, 2.05) is 19.1 Å². The van der Waals surface area contributed by atoms with Crippen molar-refractivity contribution in [1.82, 2.24) is 14.6 Å². The number of aliphatic hydroxyl groups excluding tert-OH is 1. The van der Waals surface area contributed by atoms with Crippen LogP contribution in [0.3, 0.4) is 0 Å². The number of aliphatic hydroxyl groups is 1. The topological polar surface area (TPSA) is 50.4 Å². The molecule has 2 aromatic rings. The van der Waals surface area contributed by atoms with Gasteiger partial charge in [-0.3, -0.25) is 0 Å². The van der Waals surface area contributed by atoms with E-state index in [4.69, 9.17) is 0 Å². The highest BCUT2D eigenvalue weighted by molar-refractivity contribution is 5.43. The van der Waals surface area contributed by atoms with Gasteiger partial charge in [0, 0.05) is 5.92 Å². The summed E-state index contributed by atoms with van der Waals surface area (Å²) in [6, 6.07) is 3.90. The summed E-state index contributed by atoms with van der Waals surface area (Å²) in [6.07, 6.45) is 2.38. The summed E-state index contributed by atoms with van der Waals surface area (Å²) in [5.74, 6) is 0.550. The third-order valence-corrected chi connectivity index (χ3v) is 2.85. The normalized spacial score (nSPS) is 16.1. The third-order valence-electron chi connectivity index (χ3n) is 2.85. The number of fused-ring (bicyclic) bond motifs is 1. The molecule has 0 radical (unpaired) electrons. The Morgan fingerprint density at radius 3 is 2.93 bits per heavy atom. The van der Waals surface area contributed by atoms with Gasteiger partial charge in [0.05, 0.1) is 23.7 Å². The molecule has 15 heavy (non-hydrogen) atoms. The smallest absolute Gasteiger partial charge is 0.154 e. The van der Waals surface area contributed by atoms with Crippen molar-refractivity contribution in [3.8, 4) is 0 Å². The Morgan fingerprint density at radius 1 is 1.47 bits per heavy atom. The zero-order valence-corrected chi connectivity index (χ0v) is 8.64. The van der Waals surface area contributed by atoms with Gasteiger partial charge >= 0.3 is 0 Å². The van der Waals surface area contributed by atoms with Gasteiger partial charge in [0.2, 0.25) is 0 Å². The van der Waals surface area contributed by atoms with Gasteiger partial charge in [-0.2, -0.15) is 5.10 Å². The minimum Gasteiger partial charge on any atom is -0.390 e. The average Bonchev–Trinajstić information content (AvgIpc) is 3.00. The fraction of sp³-hybridized carbons (Fsp3) is 0.455. The van der Waals surface area contributed by atoms with E-state index in [0.29, 0.717) is 5.92 Å².